The van der Waals surface area contributed by atoms with E-state index < -0.39 is 6.43 Å². The van der Waals surface area contributed by atoms with E-state index in [-0.39, 0.29) is 11.6 Å². The maximum atomic E-state index is 12.3. The molecule has 4 heteroatoms. The molecule has 0 saturated heterocycles. The maximum absolute atomic E-state index is 12.3. The number of hydrogen-bond acceptors (Lipinski definition) is 1. The normalized spacial score (nSPS) is 11.6. The van der Waals surface area contributed by atoms with Gasteiger partial charge in [-0.2, -0.15) is 5.10 Å². The van der Waals surface area contributed by atoms with Crippen molar-refractivity contribution >= 4 is 0 Å². The fraction of sp³-hybridized carbons (Fsp3) is 0.625. The fourth-order valence-electron chi connectivity index (χ4n) is 1.14. The van der Waals surface area contributed by atoms with Gasteiger partial charge in [0.2, 0.25) is 0 Å². The van der Waals surface area contributed by atoms with Crippen LogP contribution in [-0.2, 0) is 7.05 Å². The Hall–Kier alpha value is -0.930. The van der Waals surface area contributed by atoms with Crippen molar-refractivity contribution < 1.29 is 8.78 Å². The minimum Gasteiger partial charge on any atom is -0.275 e. The molecule has 0 bridgehead atoms. The van der Waals surface area contributed by atoms with Gasteiger partial charge < -0.3 is 0 Å². The Bertz CT molecular complexity index is 241. The highest BCUT2D eigenvalue weighted by Crippen LogP contribution is 2.26. The second-order valence-electron chi connectivity index (χ2n) is 3.10. The first-order valence-corrected chi connectivity index (χ1v) is 3.84. The molecule has 12 heavy (non-hydrogen) atoms. The Kier molecular flexibility index (Phi) is 2.45. The van der Waals surface area contributed by atoms with E-state index in [1.54, 1.807) is 13.2 Å². The van der Waals surface area contributed by atoms with Crippen LogP contribution < -0.4 is 0 Å². The zero-order valence-electron chi connectivity index (χ0n) is 7.38. The predicted molar refractivity (Wildman–Crippen MR) is 42.3 cm³/mol. The van der Waals surface area contributed by atoms with Crippen LogP contribution in [0.4, 0.5) is 8.78 Å². The third-order valence-electron chi connectivity index (χ3n) is 1.72. The van der Waals surface area contributed by atoms with Crippen LogP contribution in [0.3, 0.4) is 0 Å². The van der Waals surface area contributed by atoms with Crippen molar-refractivity contribution in [1.82, 2.24) is 9.78 Å². The minimum absolute atomic E-state index is 0.0903. The van der Waals surface area contributed by atoms with Crippen LogP contribution in [0.5, 0.6) is 0 Å². The number of nitrogens with zero attached hydrogens (tertiary/aromatic N) is 2. The molecule has 0 spiro atoms. The van der Waals surface area contributed by atoms with Crippen LogP contribution in [0.15, 0.2) is 6.20 Å². The van der Waals surface area contributed by atoms with E-state index in [0.29, 0.717) is 5.56 Å². The van der Waals surface area contributed by atoms with Crippen LogP contribution in [0.1, 0.15) is 37.4 Å². The van der Waals surface area contributed by atoms with E-state index in [0.717, 1.165) is 0 Å². The summed E-state index contributed by atoms with van der Waals surface area (Å²) < 4.78 is 26.1. The number of halogens is 2. The Balaban J connectivity index is 3.08. The summed E-state index contributed by atoms with van der Waals surface area (Å²) >= 11 is 0. The van der Waals surface area contributed by atoms with Crippen molar-refractivity contribution in [3.63, 3.8) is 0 Å². The molecule has 1 aromatic rings. The smallest absolute Gasteiger partial charge is 0.275 e. The van der Waals surface area contributed by atoms with Gasteiger partial charge >= 0.3 is 0 Å². The number of rotatable bonds is 2. The second kappa shape index (κ2) is 3.21. The van der Waals surface area contributed by atoms with Crippen LogP contribution in [0, 0.1) is 0 Å². The summed E-state index contributed by atoms with van der Waals surface area (Å²) in [7, 11) is 1.65. The molecule has 1 aromatic heterocycles. The Morgan fingerprint density at radius 2 is 2.00 bits per heavy atom. The maximum Gasteiger partial charge on any atom is 0.282 e. The number of alkyl halides is 2. The van der Waals surface area contributed by atoms with Crippen LogP contribution in [0.2, 0.25) is 0 Å². The lowest BCUT2D eigenvalue weighted by molar-refractivity contribution is 0.144. The van der Waals surface area contributed by atoms with E-state index in [1.807, 2.05) is 13.8 Å². The van der Waals surface area contributed by atoms with E-state index in [9.17, 15) is 8.78 Å². The fourth-order valence-corrected chi connectivity index (χ4v) is 1.14. The molecule has 0 fully saturated rings. The highest BCUT2D eigenvalue weighted by Gasteiger charge is 2.18. The van der Waals surface area contributed by atoms with Crippen molar-refractivity contribution in [2.45, 2.75) is 26.2 Å². The largest absolute Gasteiger partial charge is 0.282 e. The monoisotopic (exact) mass is 174 g/mol. The van der Waals surface area contributed by atoms with Crippen LogP contribution in [-0.4, -0.2) is 9.78 Å². The van der Waals surface area contributed by atoms with E-state index in [1.165, 1.54) is 4.68 Å². The summed E-state index contributed by atoms with van der Waals surface area (Å²) in [6, 6.07) is 0. The topological polar surface area (TPSA) is 17.8 Å². The van der Waals surface area contributed by atoms with Crippen LogP contribution >= 0.6 is 0 Å². The molecule has 0 N–H and O–H groups in total. The van der Waals surface area contributed by atoms with E-state index >= 15 is 0 Å². The quantitative estimate of drug-likeness (QED) is 0.673. The summed E-state index contributed by atoms with van der Waals surface area (Å²) in [4.78, 5) is 0. The molecule has 0 aliphatic carbocycles. The zero-order valence-corrected chi connectivity index (χ0v) is 7.38. The molecule has 0 saturated carbocycles. The van der Waals surface area contributed by atoms with Crippen molar-refractivity contribution in [1.29, 1.82) is 0 Å². The van der Waals surface area contributed by atoms with Gasteiger partial charge in [-0.1, -0.05) is 13.8 Å². The van der Waals surface area contributed by atoms with Gasteiger partial charge in [0.25, 0.3) is 6.43 Å². The number of aryl methyl sites for hydroxylation is 1. The molecule has 1 heterocycles. The summed E-state index contributed by atoms with van der Waals surface area (Å²) in [5, 5.41) is 3.70. The van der Waals surface area contributed by atoms with Crippen molar-refractivity contribution in [2.75, 3.05) is 0 Å². The first-order chi connectivity index (χ1) is 5.52. The van der Waals surface area contributed by atoms with E-state index in [4.69, 9.17) is 0 Å². The average molecular weight is 174 g/mol. The van der Waals surface area contributed by atoms with Gasteiger partial charge in [-0.25, -0.2) is 8.78 Å². The van der Waals surface area contributed by atoms with Crippen molar-refractivity contribution in [2.24, 2.45) is 7.05 Å². The summed E-state index contributed by atoms with van der Waals surface area (Å²) in [6.07, 6.45) is -0.824. The minimum atomic E-state index is -2.47. The summed E-state index contributed by atoms with van der Waals surface area (Å²) in [6.45, 7) is 3.76. The molecule has 0 aliphatic heterocycles. The molecule has 0 amide bonds. The van der Waals surface area contributed by atoms with Gasteiger partial charge in [-0.15, -0.1) is 0 Å². The standard InChI is InChI=1S/C8H12F2N2/c1-5(2)6-4-12(3)11-7(6)8(9)10/h4-5,8H,1-3H3. The Labute approximate surface area is 70.2 Å². The number of hydrogen-bond donors (Lipinski definition) is 0. The molecule has 1 rings (SSSR count). The SMILES string of the molecule is CC(C)c1cn(C)nc1C(F)F. The molecule has 0 aliphatic rings. The van der Waals surface area contributed by atoms with E-state index in [2.05, 4.69) is 5.10 Å². The lowest BCUT2D eigenvalue weighted by atomic mass is 10.0. The molecule has 0 aromatic carbocycles. The van der Waals surface area contributed by atoms with Gasteiger partial charge in [0, 0.05) is 18.8 Å². The van der Waals surface area contributed by atoms with Crippen molar-refractivity contribution in [3.05, 3.63) is 17.5 Å². The Morgan fingerprint density at radius 3 is 2.33 bits per heavy atom. The van der Waals surface area contributed by atoms with Crippen molar-refractivity contribution in [3.8, 4) is 0 Å². The van der Waals surface area contributed by atoms with Gasteiger partial charge in [0.15, 0.2) is 0 Å². The first kappa shape index (κ1) is 9.16. The van der Waals surface area contributed by atoms with Gasteiger partial charge in [-0.3, -0.25) is 4.68 Å². The van der Waals surface area contributed by atoms with Crippen LogP contribution in [0.25, 0.3) is 0 Å². The lowest BCUT2D eigenvalue weighted by Crippen LogP contribution is -1.94. The molecule has 2 nitrogen and oxygen atoms in total. The average Bonchev–Trinajstić information content (AvgIpc) is 2.31. The molecular formula is C8H12F2N2. The van der Waals surface area contributed by atoms with Gasteiger partial charge in [0.05, 0.1) is 0 Å². The summed E-state index contributed by atoms with van der Waals surface area (Å²) in [5.41, 5.74) is 0.542. The predicted octanol–water partition coefficient (Wildman–Crippen LogP) is 2.48. The molecule has 0 radical (unpaired) electrons. The highest BCUT2D eigenvalue weighted by atomic mass is 19.3. The number of aromatic nitrogens is 2. The third kappa shape index (κ3) is 1.62. The lowest BCUT2D eigenvalue weighted by Gasteiger charge is -2.02. The van der Waals surface area contributed by atoms with Gasteiger partial charge in [-0.05, 0) is 5.92 Å². The molecule has 68 valence electrons. The molecular weight excluding hydrogens is 162 g/mol. The summed E-state index contributed by atoms with van der Waals surface area (Å²) in [5.74, 6) is 0.0997. The Morgan fingerprint density at radius 1 is 1.42 bits per heavy atom. The second-order valence-corrected chi connectivity index (χ2v) is 3.10. The molecule has 0 unspecified atom stereocenters. The first-order valence-electron chi connectivity index (χ1n) is 3.84. The zero-order chi connectivity index (χ0) is 9.30. The highest BCUT2D eigenvalue weighted by molar-refractivity contribution is 5.21. The third-order valence-corrected chi connectivity index (χ3v) is 1.72. The molecule has 0 atom stereocenters. The van der Waals surface area contributed by atoms with Gasteiger partial charge in [0.1, 0.15) is 5.69 Å².